The van der Waals surface area contributed by atoms with Crippen LogP contribution in [0.25, 0.3) is 11.0 Å². The first-order valence-electron chi connectivity index (χ1n) is 9.35. The lowest BCUT2D eigenvalue weighted by Crippen LogP contribution is -2.32. The number of benzene rings is 2. The standard InChI is InChI=1S/C22H22N4O/c1-27-17-11-9-16(10-12-17)18(15-23)21-22(26-13-5-2-6-14-26)25-20-8-4-3-7-19(20)24-21/h3-4,7-12,18H,2,5-6,13-14H2,1H3/t18-/m0/s1. The van der Waals surface area contributed by atoms with Crippen molar-refractivity contribution in [2.24, 2.45) is 0 Å². The molecule has 136 valence electrons. The molecular weight excluding hydrogens is 336 g/mol. The van der Waals surface area contributed by atoms with Gasteiger partial charge >= 0.3 is 0 Å². The van der Waals surface area contributed by atoms with E-state index in [4.69, 9.17) is 14.7 Å². The minimum absolute atomic E-state index is 0.468. The van der Waals surface area contributed by atoms with Gasteiger partial charge in [-0.15, -0.1) is 0 Å². The maximum atomic E-state index is 9.99. The molecule has 0 unspecified atom stereocenters. The van der Waals surface area contributed by atoms with Crippen molar-refractivity contribution in [1.82, 2.24) is 9.97 Å². The number of rotatable bonds is 4. The van der Waals surface area contributed by atoms with Gasteiger partial charge in [-0.05, 0) is 49.1 Å². The second-order valence-corrected chi connectivity index (χ2v) is 6.80. The van der Waals surface area contributed by atoms with Gasteiger partial charge in [0.1, 0.15) is 17.4 Å². The second kappa shape index (κ2) is 7.63. The van der Waals surface area contributed by atoms with E-state index in [2.05, 4.69) is 11.0 Å². The Balaban J connectivity index is 1.84. The molecule has 1 aliphatic rings. The minimum atomic E-state index is -0.468. The second-order valence-electron chi connectivity index (χ2n) is 6.80. The summed E-state index contributed by atoms with van der Waals surface area (Å²) in [4.78, 5) is 12.1. The van der Waals surface area contributed by atoms with Gasteiger partial charge in [0.2, 0.25) is 0 Å². The van der Waals surface area contributed by atoms with Crippen LogP contribution in [0.3, 0.4) is 0 Å². The molecule has 3 aromatic rings. The number of aromatic nitrogens is 2. The minimum Gasteiger partial charge on any atom is -0.497 e. The van der Waals surface area contributed by atoms with Crippen molar-refractivity contribution in [3.8, 4) is 11.8 Å². The smallest absolute Gasteiger partial charge is 0.152 e. The highest BCUT2D eigenvalue weighted by molar-refractivity contribution is 5.77. The van der Waals surface area contributed by atoms with Gasteiger partial charge < -0.3 is 9.64 Å². The van der Waals surface area contributed by atoms with Crippen LogP contribution in [0.4, 0.5) is 5.82 Å². The molecule has 5 nitrogen and oxygen atoms in total. The monoisotopic (exact) mass is 358 g/mol. The van der Waals surface area contributed by atoms with Crippen molar-refractivity contribution < 1.29 is 4.74 Å². The summed E-state index contributed by atoms with van der Waals surface area (Å²) in [5.74, 6) is 1.15. The van der Waals surface area contributed by atoms with Gasteiger partial charge in [0, 0.05) is 13.1 Å². The molecule has 2 aromatic carbocycles. The van der Waals surface area contributed by atoms with E-state index in [0.29, 0.717) is 0 Å². The Morgan fingerprint density at radius 2 is 1.63 bits per heavy atom. The average Bonchev–Trinajstić information content (AvgIpc) is 2.75. The molecular formula is C22H22N4O. The molecule has 4 rings (SSSR count). The zero-order chi connectivity index (χ0) is 18.6. The third-order valence-corrected chi connectivity index (χ3v) is 5.09. The predicted molar refractivity (Wildman–Crippen MR) is 106 cm³/mol. The number of nitriles is 1. The van der Waals surface area contributed by atoms with Crippen molar-refractivity contribution in [1.29, 1.82) is 5.26 Å². The van der Waals surface area contributed by atoms with Crippen molar-refractivity contribution in [2.75, 3.05) is 25.1 Å². The maximum absolute atomic E-state index is 9.99. The number of fused-ring (bicyclic) bond motifs is 1. The number of methoxy groups -OCH3 is 1. The molecule has 5 heteroatoms. The van der Waals surface area contributed by atoms with E-state index >= 15 is 0 Å². The highest BCUT2D eigenvalue weighted by Crippen LogP contribution is 2.33. The van der Waals surface area contributed by atoms with E-state index in [0.717, 1.165) is 59.8 Å². The van der Waals surface area contributed by atoms with Crippen molar-refractivity contribution in [2.45, 2.75) is 25.2 Å². The quantitative estimate of drug-likeness (QED) is 0.696. The summed E-state index contributed by atoms with van der Waals surface area (Å²) in [6.45, 7) is 1.92. The average molecular weight is 358 g/mol. The summed E-state index contributed by atoms with van der Waals surface area (Å²) in [7, 11) is 1.64. The van der Waals surface area contributed by atoms with E-state index in [1.807, 2.05) is 48.5 Å². The number of hydrogen-bond donors (Lipinski definition) is 0. The summed E-state index contributed by atoms with van der Waals surface area (Å²) in [5.41, 5.74) is 3.33. The molecule has 0 N–H and O–H groups in total. The molecule has 0 radical (unpaired) electrons. The Morgan fingerprint density at radius 3 is 2.26 bits per heavy atom. The van der Waals surface area contributed by atoms with Gasteiger partial charge in [0.05, 0.1) is 24.2 Å². The molecule has 1 fully saturated rings. The summed E-state index contributed by atoms with van der Waals surface area (Å²) < 4.78 is 5.25. The van der Waals surface area contributed by atoms with Crippen molar-refractivity contribution in [3.63, 3.8) is 0 Å². The largest absolute Gasteiger partial charge is 0.497 e. The summed E-state index contributed by atoms with van der Waals surface area (Å²) in [6.07, 6.45) is 3.54. The van der Waals surface area contributed by atoms with Crippen LogP contribution in [-0.4, -0.2) is 30.2 Å². The van der Waals surface area contributed by atoms with E-state index in [1.54, 1.807) is 7.11 Å². The SMILES string of the molecule is COc1ccc([C@H](C#N)c2nc3ccccc3nc2N2CCCCC2)cc1. The normalized spacial score (nSPS) is 15.3. The van der Waals surface area contributed by atoms with Gasteiger partial charge in [0.15, 0.2) is 5.82 Å². The van der Waals surface area contributed by atoms with Gasteiger partial charge in [-0.2, -0.15) is 5.26 Å². The fourth-order valence-corrected chi connectivity index (χ4v) is 3.63. The first-order chi connectivity index (χ1) is 13.3. The van der Waals surface area contributed by atoms with Crippen LogP contribution in [0.5, 0.6) is 5.75 Å². The third kappa shape index (κ3) is 3.43. The molecule has 1 aliphatic heterocycles. The van der Waals surface area contributed by atoms with E-state index in [1.165, 1.54) is 6.42 Å². The zero-order valence-electron chi connectivity index (χ0n) is 15.4. The lowest BCUT2D eigenvalue weighted by molar-refractivity contribution is 0.414. The number of hydrogen-bond acceptors (Lipinski definition) is 5. The molecule has 0 amide bonds. The molecule has 2 heterocycles. The third-order valence-electron chi connectivity index (χ3n) is 5.09. The van der Waals surface area contributed by atoms with Gasteiger partial charge in [0.25, 0.3) is 0 Å². The van der Waals surface area contributed by atoms with Gasteiger partial charge in [-0.1, -0.05) is 24.3 Å². The van der Waals surface area contributed by atoms with Crippen LogP contribution < -0.4 is 9.64 Å². The number of anilines is 1. The Kier molecular flexibility index (Phi) is 4.88. The zero-order valence-corrected chi connectivity index (χ0v) is 15.4. The fourth-order valence-electron chi connectivity index (χ4n) is 3.63. The van der Waals surface area contributed by atoms with Gasteiger partial charge in [-0.3, -0.25) is 0 Å². The highest BCUT2D eigenvalue weighted by Gasteiger charge is 2.25. The van der Waals surface area contributed by atoms with Gasteiger partial charge in [-0.25, -0.2) is 9.97 Å². The Labute approximate surface area is 159 Å². The molecule has 0 aliphatic carbocycles. The maximum Gasteiger partial charge on any atom is 0.152 e. The lowest BCUT2D eigenvalue weighted by atomic mass is 9.95. The number of nitrogens with zero attached hydrogens (tertiary/aromatic N) is 4. The van der Waals surface area contributed by atoms with Crippen molar-refractivity contribution >= 4 is 16.9 Å². The Hall–Kier alpha value is -3.13. The first kappa shape index (κ1) is 17.3. The van der Waals surface area contributed by atoms with Crippen LogP contribution >= 0.6 is 0 Å². The van der Waals surface area contributed by atoms with Crippen LogP contribution in [0.2, 0.25) is 0 Å². The van der Waals surface area contributed by atoms with E-state index < -0.39 is 5.92 Å². The van der Waals surface area contributed by atoms with Crippen molar-refractivity contribution in [3.05, 3.63) is 59.8 Å². The summed E-state index contributed by atoms with van der Waals surface area (Å²) in [5, 5.41) is 9.99. The van der Waals surface area contributed by atoms with E-state index in [-0.39, 0.29) is 0 Å². The molecule has 1 atom stereocenters. The highest BCUT2D eigenvalue weighted by atomic mass is 16.5. The number of ether oxygens (including phenoxy) is 1. The summed E-state index contributed by atoms with van der Waals surface area (Å²) in [6, 6.07) is 17.9. The Morgan fingerprint density at radius 1 is 0.963 bits per heavy atom. The first-order valence-corrected chi connectivity index (χ1v) is 9.35. The van der Waals surface area contributed by atoms with Crippen LogP contribution in [0.15, 0.2) is 48.5 Å². The van der Waals surface area contributed by atoms with Crippen LogP contribution in [-0.2, 0) is 0 Å². The van der Waals surface area contributed by atoms with E-state index in [9.17, 15) is 5.26 Å². The molecule has 1 aromatic heterocycles. The number of para-hydroxylation sites is 2. The molecule has 0 bridgehead atoms. The van der Waals surface area contributed by atoms with Crippen LogP contribution in [0.1, 0.15) is 36.4 Å². The topological polar surface area (TPSA) is 62.0 Å². The predicted octanol–water partition coefficient (Wildman–Crippen LogP) is 4.28. The molecule has 1 saturated heterocycles. The number of piperidine rings is 1. The molecule has 0 saturated carbocycles. The Bertz CT molecular complexity index is 972. The molecule has 27 heavy (non-hydrogen) atoms. The lowest BCUT2D eigenvalue weighted by Gasteiger charge is -2.30. The molecule has 0 spiro atoms. The fraction of sp³-hybridized carbons (Fsp3) is 0.318. The van der Waals surface area contributed by atoms with Crippen LogP contribution in [0, 0.1) is 11.3 Å². The summed E-state index contributed by atoms with van der Waals surface area (Å²) >= 11 is 0.